The molecule has 114 valence electrons. The van der Waals surface area contributed by atoms with Crippen molar-refractivity contribution in [1.82, 2.24) is 4.98 Å². The average Bonchev–Trinajstić information content (AvgIpc) is 2.91. The zero-order valence-corrected chi connectivity index (χ0v) is 11.5. The van der Waals surface area contributed by atoms with E-state index in [-0.39, 0.29) is 0 Å². The summed E-state index contributed by atoms with van der Waals surface area (Å²) in [5.74, 6) is -0.752. The number of nitrogens with zero attached hydrogens (tertiary/aromatic N) is 2. The van der Waals surface area contributed by atoms with Crippen LogP contribution < -0.4 is 4.74 Å². The monoisotopic (exact) mass is 320 g/mol. The Morgan fingerprint density at radius 2 is 1.95 bits per heavy atom. The van der Waals surface area contributed by atoms with Gasteiger partial charge in [-0.3, -0.25) is 0 Å². The van der Waals surface area contributed by atoms with Gasteiger partial charge in [-0.05, 0) is 12.8 Å². The van der Waals surface area contributed by atoms with Gasteiger partial charge in [0.1, 0.15) is 16.7 Å². The van der Waals surface area contributed by atoms with Gasteiger partial charge < -0.3 is 4.74 Å². The van der Waals surface area contributed by atoms with E-state index in [9.17, 15) is 21.6 Å². The molecule has 0 radical (unpaired) electrons. The Morgan fingerprint density at radius 3 is 2.48 bits per heavy atom. The summed E-state index contributed by atoms with van der Waals surface area (Å²) in [5, 5.41) is 8.22. The zero-order valence-electron chi connectivity index (χ0n) is 10.7. The summed E-state index contributed by atoms with van der Waals surface area (Å²) in [6.07, 6.45) is -1.95. The Bertz CT molecular complexity index is 674. The molecule has 0 N–H and O–H groups in total. The molecule has 0 atom stereocenters. The summed E-state index contributed by atoms with van der Waals surface area (Å²) >= 11 is 0. The van der Waals surface area contributed by atoms with Crippen molar-refractivity contribution in [2.45, 2.75) is 42.2 Å². The van der Waals surface area contributed by atoms with E-state index in [4.69, 9.17) is 5.26 Å². The molecule has 1 saturated carbocycles. The molecule has 1 aliphatic carbocycles. The smallest absolute Gasteiger partial charge is 0.404 e. The average molecular weight is 320 g/mol. The number of rotatable bonds is 3. The summed E-state index contributed by atoms with van der Waals surface area (Å²) in [7, 11) is -3.89. The molecule has 9 heteroatoms. The number of aromatic nitrogens is 1. The van der Waals surface area contributed by atoms with Gasteiger partial charge in [-0.1, -0.05) is 12.8 Å². The van der Waals surface area contributed by atoms with Crippen LogP contribution in [-0.4, -0.2) is 25.0 Å². The number of ether oxygens (including phenoxy) is 1. The molecule has 21 heavy (non-hydrogen) atoms. The van der Waals surface area contributed by atoms with E-state index in [2.05, 4.69) is 9.72 Å². The standard InChI is InChI=1S/C12H11F3N2O3S/c13-12(14,15)20-8-5-11(10(6-16)17-7-8)21(18,19)9-3-1-2-4-9/h5,7,9H,1-4H2. The molecule has 1 aliphatic rings. The van der Waals surface area contributed by atoms with Crippen LogP contribution in [0.15, 0.2) is 17.2 Å². The first-order valence-corrected chi connectivity index (χ1v) is 7.68. The van der Waals surface area contributed by atoms with Crippen molar-refractivity contribution >= 4 is 9.84 Å². The van der Waals surface area contributed by atoms with Gasteiger partial charge in [0.15, 0.2) is 15.5 Å². The minimum absolute atomic E-state index is 0.420. The van der Waals surface area contributed by atoms with Gasteiger partial charge in [0.2, 0.25) is 0 Å². The maximum Gasteiger partial charge on any atom is 0.573 e. The second-order valence-corrected chi connectivity index (χ2v) is 6.83. The van der Waals surface area contributed by atoms with E-state index in [1.165, 1.54) is 0 Å². The molecule has 0 aliphatic heterocycles. The second-order valence-electron chi connectivity index (χ2n) is 4.63. The molecule has 0 saturated heterocycles. The Balaban J connectivity index is 2.46. The number of hydrogen-bond acceptors (Lipinski definition) is 5. The highest BCUT2D eigenvalue weighted by molar-refractivity contribution is 7.92. The number of hydrogen-bond donors (Lipinski definition) is 0. The van der Waals surface area contributed by atoms with E-state index < -0.39 is 37.8 Å². The summed E-state index contributed by atoms with van der Waals surface area (Å²) in [6, 6.07) is 2.30. The van der Waals surface area contributed by atoms with E-state index >= 15 is 0 Å². The molecule has 0 unspecified atom stereocenters. The molecule has 1 aromatic heterocycles. The Hall–Kier alpha value is -1.82. The third-order valence-corrected chi connectivity index (χ3v) is 5.49. The highest BCUT2D eigenvalue weighted by Crippen LogP contribution is 2.33. The molecule has 0 bridgehead atoms. The van der Waals surface area contributed by atoms with Gasteiger partial charge in [0.25, 0.3) is 0 Å². The molecule has 1 heterocycles. The van der Waals surface area contributed by atoms with Crippen molar-refractivity contribution in [3.05, 3.63) is 18.0 Å². The molecule has 0 amide bonds. The lowest BCUT2D eigenvalue weighted by molar-refractivity contribution is -0.274. The minimum atomic E-state index is -4.95. The van der Waals surface area contributed by atoms with Crippen LogP contribution in [0.1, 0.15) is 31.4 Å². The van der Waals surface area contributed by atoms with E-state index in [0.29, 0.717) is 25.1 Å². The lowest BCUT2D eigenvalue weighted by Gasteiger charge is -2.14. The van der Waals surface area contributed by atoms with Gasteiger partial charge >= 0.3 is 6.36 Å². The molecule has 0 aromatic carbocycles. The van der Waals surface area contributed by atoms with Gasteiger partial charge in [-0.25, -0.2) is 13.4 Å². The van der Waals surface area contributed by atoms with Crippen molar-refractivity contribution < 1.29 is 26.3 Å². The predicted octanol–water partition coefficient (Wildman–Crippen LogP) is 2.57. The largest absolute Gasteiger partial charge is 0.573 e. The number of nitriles is 1. The van der Waals surface area contributed by atoms with Crippen molar-refractivity contribution in [2.24, 2.45) is 0 Å². The number of pyridine rings is 1. The normalized spacial score (nSPS) is 16.7. The molecular weight excluding hydrogens is 309 g/mol. The summed E-state index contributed by atoms with van der Waals surface area (Å²) in [6.45, 7) is 0. The first-order valence-electron chi connectivity index (χ1n) is 6.14. The third-order valence-electron chi connectivity index (χ3n) is 3.21. The van der Waals surface area contributed by atoms with Crippen molar-refractivity contribution in [1.29, 1.82) is 5.26 Å². The number of alkyl halides is 3. The van der Waals surface area contributed by atoms with Crippen LogP contribution in [-0.2, 0) is 9.84 Å². The Morgan fingerprint density at radius 1 is 1.33 bits per heavy atom. The first-order chi connectivity index (χ1) is 9.74. The highest BCUT2D eigenvalue weighted by atomic mass is 32.2. The molecular formula is C12H11F3N2O3S. The Kier molecular flexibility index (Phi) is 4.09. The molecule has 1 fully saturated rings. The van der Waals surface area contributed by atoms with Crippen LogP contribution in [0.2, 0.25) is 0 Å². The Labute approximate surface area is 119 Å². The van der Waals surface area contributed by atoms with Crippen molar-refractivity contribution in [2.75, 3.05) is 0 Å². The quantitative estimate of drug-likeness (QED) is 0.855. The van der Waals surface area contributed by atoms with Crippen LogP contribution in [0.4, 0.5) is 13.2 Å². The summed E-state index contributed by atoms with van der Waals surface area (Å²) < 4.78 is 65.0. The molecule has 5 nitrogen and oxygen atoms in total. The zero-order chi connectivity index (χ0) is 15.7. The van der Waals surface area contributed by atoms with Gasteiger partial charge in [-0.2, -0.15) is 5.26 Å². The van der Waals surface area contributed by atoms with E-state index in [1.807, 2.05) is 0 Å². The summed E-state index contributed by atoms with van der Waals surface area (Å²) in [5.41, 5.74) is -0.420. The maximum atomic E-state index is 12.4. The van der Waals surface area contributed by atoms with Crippen LogP contribution in [0.5, 0.6) is 5.75 Å². The number of halogens is 3. The third kappa shape index (κ3) is 3.44. The molecule has 1 aromatic rings. The highest BCUT2D eigenvalue weighted by Gasteiger charge is 2.35. The van der Waals surface area contributed by atoms with Gasteiger partial charge in [0, 0.05) is 6.07 Å². The van der Waals surface area contributed by atoms with Gasteiger partial charge in [0.05, 0.1) is 11.4 Å². The van der Waals surface area contributed by atoms with Gasteiger partial charge in [-0.15, -0.1) is 13.2 Å². The SMILES string of the molecule is N#Cc1ncc(OC(F)(F)F)cc1S(=O)(=O)C1CCCC1. The minimum Gasteiger partial charge on any atom is -0.404 e. The van der Waals surface area contributed by atoms with Crippen LogP contribution in [0, 0.1) is 11.3 Å². The fraction of sp³-hybridized carbons (Fsp3) is 0.500. The first kappa shape index (κ1) is 15.6. The van der Waals surface area contributed by atoms with Crippen molar-refractivity contribution in [3.8, 4) is 11.8 Å². The fourth-order valence-electron chi connectivity index (χ4n) is 2.30. The van der Waals surface area contributed by atoms with Crippen LogP contribution >= 0.6 is 0 Å². The second kappa shape index (κ2) is 5.52. The fourth-order valence-corrected chi connectivity index (χ4v) is 4.26. The van der Waals surface area contributed by atoms with E-state index in [1.54, 1.807) is 6.07 Å². The molecule has 0 spiro atoms. The van der Waals surface area contributed by atoms with E-state index in [0.717, 1.165) is 12.8 Å². The predicted molar refractivity (Wildman–Crippen MR) is 65.1 cm³/mol. The van der Waals surface area contributed by atoms with Crippen molar-refractivity contribution in [3.63, 3.8) is 0 Å². The summed E-state index contributed by atoms with van der Waals surface area (Å²) in [4.78, 5) is 2.95. The van der Waals surface area contributed by atoms with Crippen LogP contribution in [0.25, 0.3) is 0 Å². The lowest BCUT2D eigenvalue weighted by atomic mass is 10.3. The van der Waals surface area contributed by atoms with Crippen LogP contribution in [0.3, 0.4) is 0 Å². The number of sulfone groups is 1. The topological polar surface area (TPSA) is 80.0 Å². The lowest BCUT2D eigenvalue weighted by Crippen LogP contribution is -2.21. The maximum absolute atomic E-state index is 12.4. The molecule has 2 rings (SSSR count).